The maximum Gasteiger partial charge on any atom is 0.266 e. The largest absolute Gasteiger partial charge is 0.331 e. The molecule has 1 fully saturated rings. The van der Waals surface area contributed by atoms with Crippen LogP contribution in [0.4, 0.5) is 0 Å². The molecule has 6 heteroatoms. The average molecular weight is 546 g/mol. The van der Waals surface area contributed by atoms with Crippen molar-refractivity contribution in [3.63, 3.8) is 0 Å². The molecule has 0 bridgehead atoms. The highest BCUT2D eigenvalue weighted by Crippen LogP contribution is 2.38. The molecular formula is C32H36ClN3OS. The second-order valence-corrected chi connectivity index (χ2v) is 12.3. The van der Waals surface area contributed by atoms with Gasteiger partial charge in [-0.1, -0.05) is 61.8 Å². The number of carbonyl (C=O) groups is 1. The van der Waals surface area contributed by atoms with Gasteiger partial charge in [0.15, 0.2) is 0 Å². The summed E-state index contributed by atoms with van der Waals surface area (Å²) in [5.74, 6) is 0.697. The normalized spacial score (nSPS) is 17.8. The Hall–Kier alpha value is -2.73. The van der Waals surface area contributed by atoms with Crippen LogP contribution in [0.3, 0.4) is 0 Å². The van der Waals surface area contributed by atoms with Crippen LogP contribution in [0.5, 0.6) is 0 Å². The Kier molecular flexibility index (Phi) is 8.47. The number of benzene rings is 2. The number of aromatic nitrogens is 1. The molecule has 198 valence electrons. The number of hydrogen-bond acceptors (Lipinski definition) is 4. The number of carbonyl (C=O) groups excluding carboxylic acids is 1. The highest BCUT2D eigenvalue weighted by atomic mass is 35.5. The van der Waals surface area contributed by atoms with Gasteiger partial charge < -0.3 is 9.80 Å². The first kappa shape index (κ1) is 26.9. The fourth-order valence-corrected chi connectivity index (χ4v) is 7.24. The summed E-state index contributed by atoms with van der Waals surface area (Å²) < 4.78 is 1.06. The molecule has 0 spiro atoms. The molecule has 4 nitrogen and oxygen atoms in total. The highest BCUT2D eigenvalue weighted by molar-refractivity contribution is 7.21. The molecule has 0 saturated heterocycles. The van der Waals surface area contributed by atoms with E-state index in [4.69, 9.17) is 11.6 Å². The number of thiophene rings is 1. The monoisotopic (exact) mass is 545 g/mol. The summed E-state index contributed by atoms with van der Waals surface area (Å²) in [6.45, 7) is 6.23. The highest BCUT2D eigenvalue weighted by Gasteiger charge is 2.33. The minimum absolute atomic E-state index is 0.0458. The molecule has 0 unspecified atom stereocenters. The van der Waals surface area contributed by atoms with E-state index in [0.29, 0.717) is 28.4 Å². The molecule has 0 aliphatic heterocycles. The van der Waals surface area contributed by atoms with Gasteiger partial charge in [-0.2, -0.15) is 0 Å². The predicted molar refractivity (Wildman–Crippen MR) is 160 cm³/mol. The molecule has 0 radical (unpaired) electrons. The van der Waals surface area contributed by atoms with Crippen molar-refractivity contribution < 1.29 is 4.79 Å². The zero-order chi connectivity index (χ0) is 26.6. The Bertz CT molecular complexity index is 1380. The molecule has 38 heavy (non-hydrogen) atoms. The molecule has 4 aromatic rings. The minimum atomic E-state index is 0.0458. The van der Waals surface area contributed by atoms with E-state index in [1.807, 2.05) is 48.8 Å². The van der Waals surface area contributed by atoms with Gasteiger partial charge in [0.25, 0.3) is 5.91 Å². The minimum Gasteiger partial charge on any atom is -0.331 e. The van der Waals surface area contributed by atoms with E-state index in [0.717, 1.165) is 59.0 Å². The summed E-state index contributed by atoms with van der Waals surface area (Å²) in [5, 5.41) is 1.54. The van der Waals surface area contributed by atoms with Gasteiger partial charge in [0.1, 0.15) is 4.88 Å². The number of amides is 1. The van der Waals surface area contributed by atoms with E-state index in [9.17, 15) is 4.79 Å². The van der Waals surface area contributed by atoms with Crippen molar-refractivity contribution in [2.45, 2.75) is 58.2 Å². The molecule has 1 aliphatic carbocycles. The van der Waals surface area contributed by atoms with Crippen molar-refractivity contribution >= 4 is 38.9 Å². The molecule has 1 amide bonds. The SMILES string of the molecule is CC(C)CN(C)C1CCC(N(Cc2cccc(-c3ccncc3)c2)C(=O)c2sc3ccccc3c2Cl)CC1. The van der Waals surface area contributed by atoms with Gasteiger partial charge in [-0.05, 0) is 79.6 Å². The molecule has 0 atom stereocenters. The standard InChI is InChI=1S/C32H36ClN3OS/c1-22(2)20-35(3)26-11-13-27(14-12-26)36(32(37)31-30(33)28-9-4-5-10-29(28)38-31)21-23-7-6-8-25(19-23)24-15-17-34-18-16-24/h4-10,15-19,22,26-27H,11-14,20-21H2,1-3H3. The Morgan fingerprint density at radius 3 is 2.39 bits per heavy atom. The van der Waals surface area contributed by atoms with Crippen molar-refractivity contribution in [3.8, 4) is 11.1 Å². The number of nitrogens with zero attached hydrogens (tertiary/aromatic N) is 3. The Labute approximate surface area is 235 Å². The number of pyridine rings is 1. The third-order valence-corrected chi connectivity index (χ3v) is 9.33. The molecule has 1 saturated carbocycles. The zero-order valence-corrected chi connectivity index (χ0v) is 24.0. The molecular weight excluding hydrogens is 510 g/mol. The molecule has 2 heterocycles. The van der Waals surface area contributed by atoms with Gasteiger partial charge in [-0.25, -0.2) is 0 Å². The first-order valence-electron chi connectivity index (χ1n) is 13.6. The van der Waals surface area contributed by atoms with Crippen LogP contribution in [-0.4, -0.2) is 46.4 Å². The van der Waals surface area contributed by atoms with E-state index in [1.165, 1.54) is 11.3 Å². The lowest BCUT2D eigenvalue weighted by molar-refractivity contribution is 0.0555. The average Bonchev–Trinajstić information content (AvgIpc) is 3.28. The number of hydrogen-bond donors (Lipinski definition) is 0. The fourth-order valence-electron chi connectivity index (χ4n) is 5.77. The van der Waals surface area contributed by atoms with Crippen LogP contribution in [-0.2, 0) is 6.54 Å². The Morgan fingerprint density at radius 2 is 1.68 bits per heavy atom. The predicted octanol–water partition coefficient (Wildman–Crippen LogP) is 8.16. The van der Waals surface area contributed by atoms with E-state index < -0.39 is 0 Å². The molecule has 5 rings (SSSR count). The van der Waals surface area contributed by atoms with E-state index in [2.05, 4.69) is 59.9 Å². The summed E-state index contributed by atoms with van der Waals surface area (Å²) in [5.41, 5.74) is 3.39. The smallest absolute Gasteiger partial charge is 0.266 e. The van der Waals surface area contributed by atoms with Crippen molar-refractivity contribution in [2.24, 2.45) is 5.92 Å². The maximum absolute atomic E-state index is 14.2. The van der Waals surface area contributed by atoms with Gasteiger partial charge in [0.2, 0.25) is 0 Å². The van der Waals surface area contributed by atoms with Crippen LogP contribution >= 0.6 is 22.9 Å². The second kappa shape index (κ2) is 12.0. The third-order valence-electron chi connectivity index (χ3n) is 7.67. The molecule has 2 aromatic carbocycles. The van der Waals surface area contributed by atoms with E-state index in [-0.39, 0.29) is 11.9 Å². The lowest BCUT2D eigenvalue weighted by Crippen LogP contribution is -2.45. The Morgan fingerprint density at radius 1 is 0.974 bits per heavy atom. The first-order valence-corrected chi connectivity index (χ1v) is 14.8. The van der Waals surface area contributed by atoms with Gasteiger partial charge in [0.05, 0.1) is 5.02 Å². The molecule has 2 aromatic heterocycles. The van der Waals surface area contributed by atoms with Crippen molar-refractivity contribution in [3.05, 3.63) is 88.5 Å². The zero-order valence-electron chi connectivity index (χ0n) is 22.4. The summed E-state index contributed by atoms with van der Waals surface area (Å²) in [7, 11) is 2.25. The molecule has 1 aliphatic rings. The van der Waals surface area contributed by atoms with Crippen LogP contribution in [0.25, 0.3) is 21.2 Å². The van der Waals surface area contributed by atoms with Gasteiger partial charge >= 0.3 is 0 Å². The summed E-state index contributed by atoms with van der Waals surface area (Å²) in [6.07, 6.45) is 7.85. The topological polar surface area (TPSA) is 36.4 Å². The van der Waals surface area contributed by atoms with E-state index in [1.54, 1.807) is 0 Å². The lowest BCUT2D eigenvalue weighted by Gasteiger charge is -2.40. The van der Waals surface area contributed by atoms with Gasteiger partial charge in [-0.15, -0.1) is 11.3 Å². The lowest BCUT2D eigenvalue weighted by atomic mass is 9.88. The van der Waals surface area contributed by atoms with Crippen LogP contribution in [0, 0.1) is 5.92 Å². The Balaban J connectivity index is 1.43. The summed E-state index contributed by atoms with van der Waals surface area (Å²) in [6, 6.07) is 21.4. The van der Waals surface area contributed by atoms with Crippen LogP contribution in [0.15, 0.2) is 73.1 Å². The fraction of sp³-hybridized carbons (Fsp3) is 0.375. The first-order chi connectivity index (χ1) is 18.4. The molecule has 0 N–H and O–H groups in total. The number of fused-ring (bicyclic) bond motifs is 1. The van der Waals surface area contributed by atoms with E-state index >= 15 is 0 Å². The van der Waals surface area contributed by atoms with Crippen molar-refractivity contribution in [1.82, 2.24) is 14.8 Å². The number of halogens is 1. The van der Waals surface area contributed by atoms with Crippen LogP contribution < -0.4 is 0 Å². The van der Waals surface area contributed by atoms with Crippen molar-refractivity contribution in [2.75, 3.05) is 13.6 Å². The summed E-state index contributed by atoms with van der Waals surface area (Å²) in [4.78, 5) is 23.6. The van der Waals surface area contributed by atoms with Crippen LogP contribution in [0.2, 0.25) is 5.02 Å². The third kappa shape index (κ3) is 5.96. The van der Waals surface area contributed by atoms with Crippen LogP contribution in [0.1, 0.15) is 54.8 Å². The van der Waals surface area contributed by atoms with Gasteiger partial charge in [-0.3, -0.25) is 9.78 Å². The van der Waals surface area contributed by atoms with Crippen molar-refractivity contribution in [1.29, 1.82) is 0 Å². The maximum atomic E-state index is 14.2. The summed E-state index contributed by atoms with van der Waals surface area (Å²) >= 11 is 8.32. The second-order valence-electron chi connectivity index (χ2n) is 10.9. The van der Waals surface area contributed by atoms with Gasteiger partial charge in [0, 0.05) is 47.7 Å². The quantitative estimate of drug-likeness (QED) is 0.224. The number of rotatable bonds is 8.